The number of carbonyl (C=O) groups excluding carboxylic acids is 1. The van der Waals surface area contributed by atoms with Gasteiger partial charge in [-0.15, -0.1) is 0 Å². The number of esters is 1. The van der Waals surface area contributed by atoms with Gasteiger partial charge in [0.25, 0.3) is 0 Å². The molecule has 2 aromatic rings. The maximum Gasteiger partial charge on any atom is 0.345 e. The molecule has 0 saturated heterocycles. The van der Waals surface area contributed by atoms with Crippen LogP contribution in [0.15, 0.2) is 12.1 Å². The Morgan fingerprint density at radius 2 is 2.27 bits per heavy atom. The van der Waals surface area contributed by atoms with Crippen LogP contribution in [-0.2, 0) is 11.3 Å². The predicted molar refractivity (Wildman–Crippen MR) is 92.7 cm³/mol. The lowest BCUT2D eigenvalue weighted by molar-refractivity contribution is 0.0522. The number of hydrogen-bond donors (Lipinski definition) is 1. The van der Waals surface area contributed by atoms with E-state index < -0.39 is 11.9 Å². The minimum absolute atomic E-state index is 0.248. The smallest absolute Gasteiger partial charge is 0.345 e. The third kappa shape index (κ3) is 3.23. The van der Waals surface area contributed by atoms with E-state index in [9.17, 15) is 9.18 Å². The largest absolute Gasteiger partial charge is 0.477 e. The van der Waals surface area contributed by atoms with Crippen molar-refractivity contribution < 1.29 is 18.7 Å². The Bertz CT molecular complexity index is 832. The van der Waals surface area contributed by atoms with Crippen molar-refractivity contribution in [2.45, 2.75) is 45.2 Å². The van der Waals surface area contributed by atoms with Crippen LogP contribution in [0, 0.1) is 5.95 Å². The summed E-state index contributed by atoms with van der Waals surface area (Å²) in [6.45, 7) is 3.17. The summed E-state index contributed by atoms with van der Waals surface area (Å²) in [5.74, 6) is -0.261. The Morgan fingerprint density at radius 1 is 1.42 bits per heavy atom. The number of ether oxygens (including phenoxy) is 2. The number of nitrogens with zero attached hydrogens (tertiary/aromatic N) is 3. The van der Waals surface area contributed by atoms with Gasteiger partial charge in [-0.1, -0.05) is 0 Å². The third-order valence-corrected chi connectivity index (χ3v) is 4.42. The summed E-state index contributed by atoms with van der Waals surface area (Å²) in [5, 5.41) is 7.81. The molecule has 2 aromatic heterocycles. The van der Waals surface area contributed by atoms with E-state index in [2.05, 4.69) is 15.4 Å². The Balaban J connectivity index is 1.84. The number of carbonyl (C=O) groups is 1. The van der Waals surface area contributed by atoms with Crippen LogP contribution in [0.2, 0.25) is 0 Å². The summed E-state index contributed by atoms with van der Waals surface area (Å²) in [7, 11) is 0. The molecule has 138 valence electrons. The predicted octanol–water partition coefficient (Wildman–Crippen LogP) is 3.01. The van der Waals surface area contributed by atoms with E-state index in [0.29, 0.717) is 36.1 Å². The summed E-state index contributed by atoms with van der Waals surface area (Å²) in [6.07, 6.45) is 3.84. The van der Waals surface area contributed by atoms with Crippen LogP contribution in [-0.4, -0.2) is 40.0 Å². The zero-order valence-electron chi connectivity index (χ0n) is 14.6. The van der Waals surface area contributed by atoms with Gasteiger partial charge in [-0.25, -0.2) is 14.5 Å². The minimum atomic E-state index is -0.577. The van der Waals surface area contributed by atoms with Crippen molar-refractivity contribution in [1.29, 1.82) is 0 Å². The molecule has 7 nitrogen and oxygen atoms in total. The van der Waals surface area contributed by atoms with Crippen LogP contribution < -0.4 is 10.1 Å². The van der Waals surface area contributed by atoms with Crippen LogP contribution in [0.4, 0.5) is 10.2 Å². The van der Waals surface area contributed by atoms with Gasteiger partial charge in [0.05, 0.1) is 13.2 Å². The van der Waals surface area contributed by atoms with Gasteiger partial charge in [-0.2, -0.15) is 9.49 Å². The molecule has 8 heteroatoms. The summed E-state index contributed by atoms with van der Waals surface area (Å²) in [4.78, 5) is 16.6. The normalized spacial score (nSPS) is 16.4. The quantitative estimate of drug-likeness (QED) is 0.652. The number of aryl methyl sites for hydroxylation is 1. The highest BCUT2D eigenvalue weighted by Crippen LogP contribution is 2.37. The van der Waals surface area contributed by atoms with Crippen LogP contribution in [0.1, 0.15) is 43.0 Å². The van der Waals surface area contributed by atoms with Crippen LogP contribution >= 0.6 is 0 Å². The second kappa shape index (κ2) is 6.93. The monoisotopic (exact) mass is 360 g/mol. The molecule has 0 amide bonds. The van der Waals surface area contributed by atoms with Gasteiger partial charge in [0.2, 0.25) is 11.8 Å². The van der Waals surface area contributed by atoms with Crippen LogP contribution in [0.5, 0.6) is 5.88 Å². The van der Waals surface area contributed by atoms with Gasteiger partial charge in [-0.3, -0.25) is 0 Å². The van der Waals surface area contributed by atoms with E-state index in [4.69, 9.17) is 9.47 Å². The molecule has 3 heterocycles. The van der Waals surface area contributed by atoms with Crippen molar-refractivity contribution in [2.24, 2.45) is 0 Å². The number of anilines is 1. The summed E-state index contributed by atoms with van der Waals surface area (Å²) in [6, 6.07) is 3.15. The van der Waals surface area contributed by atoms with Crippen molar-refractivity contribution in [2.75, 3.05) is 18.5 Å². The van der Waals surface area contributed by atoms with E-state index in [1.807, 2.05) is 0 Å². The van der Waals surface area contributed by atoms with E-state index >= 15 is 0 Å². The summed E-state index contributed by atoms with van der Waals surface area (Å²) in [5.41, 5.74) is 1.27. The third-order valence-electron chi connectivity index (χ3n) is 4.42. The molecule has 1 aliphatic carbocycles. The fraction of sp³-hybridized carbons (Fsp3) is 0.500. The minimum Gasteiger partial charge on any atom is -0.477 e. The highest BCUT2D eigenvalue weighted by molar-refractivity contribution is 6.00. The first kappa shape index (κ1) is 16.8. The molecular weight excluding hydrogens is 339 g/mol. The number of hydrogen-bond acceptors (Lipinski definition) is 6. The topological polar surface area (TPSA) is 78.3 Å². The Labute approximate surface area is 150 Å². The van der Waals surface area contributed by atoms with Crippen LogP contribution in [0.3, 0.4) is 0 Å². The molecule has 2 aliphatic rings. The molecular formula is C18H21FN4O3. The van der Waals surface area contributed by atoms with Crippen molar-refractivity contribution >= 4 is 11.8 Å². The lowest BCUT2D eigenvalue weighted by Crippen LogP contribution is -2.10. The summed E-state index contributed by atoms with van der Waals surface area (Å²) >= 11 is 0. The zero-order chi connectivity index (χ0) is 18.1. The molecule has 0 unspecified atom stereocenters. The molecule has 4 rings (SSSR count). The molecule has 0 atom stereocenters. The van der Waals surface area contributed by atoms with Gasteiger partial charge in [0.1, 0.15) is 17.1 Å². The molecule has 0 spiro atoms. The first-order chi connectivity index (χ1) is 12.7. The molecule has 1 aliphatic heterocycles. The van der Waals surface area contributed by atoms with E-state index in [-0.39, 0.29) is 18.2 Å². The Hall–Kier alpha value is -2.64. The summed E-state index contributed by atoms with van der Waals surface area (Å²) < 4.78 is 26.4. The Morgan fingerprint density at radius 3 is 3.04 bits per heavy atom. The Kier molecular flexibility index (Phi) is 4.48. The molecule has 0 radical (unpaired) electrons. The number of rotatable bonds is 5. The van der Waals surface area contributed by atoms with Gasteiger partial charge in [0, 0.05) is 18.2 Å². The fourth-order valence-electron chi connectivity index (χ4n) is 3.01. The molecule has 0 aromatic carbocycles. The standard InChI is InChI=1S/C18H21FN4O3/c1-2-25-18(24)14-15(22-23-9-3-4-10-26-17(14)23)12-7-8-13(19)21-16(12)20-11-5-6-11/h7-8,11H,2-6,9-10H2,1H3,(H,20,21). The average Bonchev–Trinajstić information content (AvgIpc) is 3.39. The SMILES string of the molecule is CCOC(=O)c1c(-c2ccc(F)nc2NC2CC2)nn2c1OCCCC2. The number of nitrogens with one attached hydrogen (secondary N) is 1. The first-order valence-corrected chi connectivity index (χ1v) is 9.01. The van der Waals surface area contributed by atoms with Crippen molar-refractivity contribution in [3.05, 3.63) is 23.6 Å². The fourth-order valence-corrected chi connectivity index (χ4v) is 3.01. The molecule has 0 bridgehead atoms. The first-order valence-electron chi connectivity index (χ1n) is 9.01. The number of aromatic nitrogens is 3. The van der Waals surface area contributed by atoms with Gasteiger partial charge >= 0.3 is 5.97 Å². The van der Waals surface area contributed by atoms with Crippen molar-refractivity contribution in [3.8, 4) is 17.1 Å². The maximum atomic E-state index is 13.7. The second-order valence-electron chi connectivity index (χ2n) is 6.48. The van der Waals surface area contributed by atoms with Crippen molar-refractivity contribution in [3.63, 3.8) is 0 Å². The zero-order valence-corrected chi connectivity index (χ0v) is 14.6. The highest BCUT2D eigenvalue weighted by Gasteiger charge is 2.31. The highest BCUT2D eigenvalue weighted by atomic mass is 19.1. The second-order valence-corrected chi connectivity index (χ2v) is 6.48. The molecule has 26 heavy (non-hydrogen) atoms. The van der Waals surface area contributed by atoms with E-state index in [0.717, 1.165) is 25.7 Å². The lowest BCUT2D eigenvalue weighted by Gasteiger charge is -2.10. The van der Waals surface area contributed by atoms with E-state index in [1.165, 1.54) is 6.07 Å². The number of fused-ring (bicyclic) bond motifs is 1. The molecule has 1 N–H and O–H groups in total. The maximum absolute atomic E-state index is 13.7. The van der Waals surface area contributed by atoms with E-state index in [1.54, 1.807) is 17.7 Å². The van der Waals surface area contributed by atoms with Crippen LogP contribution in [0.25, 0.3) is 11.3 Å². The lowest BCUT2D eigenvalue weighted by atomic mass is 10.1. The number of pyridine rings is 1. The van der Waals surface area contributed by atoms with Gasteiger partial charge < -0.3 is 14.8 Å². The molecule has 1 saturated carbocycles. The van der Waals surface area contributed by atoms with Gasteiger partial charge in [-0.05, 0) is 44.7 Å². The van der Waals surface area contributed by atoms with Crippen molar-refractivity contribution in [1.82, 2.24) is 14.8 Å². The molecule has 1 fully saturated rings. The average molecular weight is 360 g/mol. The number of halogens is 1. The van der Waals surface area contributed by atoms with Gasteiger partial charge in [0.15, 0.2) is 0 Å².